The molecule has 0 spiro atoms. The van der Waals surface area contributed by atoms with Crippen LogP contribution in [-0.4, -0.2) is 51.5 Å². The van der Waals surface area contributed by atoms with E-state index in [4.69, 9.17) is 5.84 Å². The maximum atomic E-state index is 5.51. The Morgan fingerprint density at radius 3 is 3.00 bits per heavy atom. The minimum atomic E-state index is 0.514. The molecule has 1 aliphatic heterocycles. The summed E-state index contributed by atoms with van der Waals surface area (Å²) in [7, 11) is 0. The van der Waals surface area contributed by atoms with E-state index < -0.39 is 0 Å². The van der Waals surface area contributed by atoms with E-state index in [9.17, 15) is 0 Å². The molecule has 7 heteroatoms. The Labute approximate surface area is 118 Å². The molecule has 1 unspecified atom stereocenters. The van der Waals surface area contributed by atoms with Crippen LogP contribution in [0.15, 0.2) is 18.6 Å². The van der Waals surface area contributed by atoms with E-state index in [2.05, 4.69) is 39.0 Å². The minimum absolute atomic E-state index is 0.514. The molecule has 3 rings (SSSR count). The van der Waals surface area contributed by atoms with Gasteiger partial charge in [0.1, 0.15) is 0 Å². The molecule has 1 aliphatic rings. The molecule has 0 bridgehead atoms. The molecule has 2 aromatic rings. The number of nitrogens with one attached hydrogen (secondary N) is 1. The van der Waals surface area contributed by atoms with Gasteiger partial charge in [-0.15, -0.1) is 0 Å². The molecular formula is C13H21N7. The zero-order valence-electron chi connectivity index (χ0n) is 12.0. The SMILES string of the molecule is CCN1CCN(c2nc(NN)cn3ccnc23)CC1C. The van der Waals surface area contributed by atoms with Crippen molar-refractivity contribution >= 4 is 17.3 Å². The monoisotopic (exact) mass is 275 g/mol. The van der Waals surface area contributed by atoms with Gasteiger partial charge in [-0.3, -0.25) is 4.90 Å². The first-order chi connectivity index (χ1) is 9.72. The zero-order valence-corrected chi connectivity index (χ0v) is 12.0. The fourth-order valence-electron chi connectivity index (χ4n) is 2.85. The average molecular weight is 275 g/mol. The first-order valence-electron chi connectivity index (χ1n) is 7.02. The van der Waals surface area contributed by atoms with Crippen molar-refractivity contribution in [3.05, 3.63) is 18.6 Å². The van der Waals surface area contributed by atoms with Crippen molar-refractivity contribution in [1.29, 1.82) is 0 Å². The predicted molar refractivity (Wildman–Crippen MR) is 79.7 cm³/mol. The van der Waals surface area contributed by atoms with Crippen molar-refractivity contribution in [3.8, 4) is 0 Å². The molecule has 0 radical (unpaired) electrons. The Balaban J connectivity index is 1.95. The Bertz CT molecular complexity index is 593. The number of imidazole rings is 1. The van der Waals surface area contributed by atoms with Gasteiger partial charge in [0.15, 0.2) is 17.3 Å². The van der Waals surface area contributed by atoms with Crippen molar-refractivity contribution in [2.24, 2.45) is 5.84 Å². The van der Waals surface area contributed by atoms with Crippen molar-refractivity contribution in [3.63, 3.8) is 0 Å². The van der Waals surface area contributed by atoms with Crippen LogP contribution in [-0.2, 0) is 0 Å². The van der Waals surface area contributed by atoms with Gasteiger partial charge in [-0.05, 0) is 13.5 Å². The minimum Gasteiger partial charge on any atom is -0.351 e. The number of hydrogen-bond acceptors (Lipinski definition) is 6. The molecule has 3 N–H and O–H groups in total. The molecule has 108 valence electrons. The normalized spacial score (nSPS) is 20.6. The molecule has 1 fully saturated rings. The van der Waals surface area contributed by atoms with Crippen molar-refractivity contribution < 1.29 is 0 Å². The summed E-state index contributed by atoms with van der Waals surface area (Å²) in [5, 5.41) is 0. The lowest BCUT2D eigenvalue weighted by atomic mass is 10.2. The van der Waals surface area contributed by atoms with Crippen molar-refractivity contribution in [1.82, 2.24) is 19.3 Å². The van der Waals surface area contributed by atoms with Gasteiger partial charge in [-0.25, -0.2) is 15.8 Å². The number of nitrogens with two attached hydrogens (primary N) is 1. The molecule has 20 heavy (non-hydrogen) atoms. The number of aromatic nitrogens is 3. The number of rotatable bonds is 3. The molecular weight excluding hydrogens is 254 g/mol. The Morgan fingerprint density at radius 2 is 2.30 bits per heavy atom. The first-order valence-corrected chi connectivity index (χ1v) is 7.02. The number of piperazine rings is 1. The van der Waals surface area contributed by atoms with Gasteiger partial charge in [0, 0.05) is 38.1 Å². The van der Waals surface area contributed by atoms with E-state index >= 15 is 0 Å². The first kappa shape index (κ1) is 13.1. The number of nitrogen functional groups attached to an aromatic ring is 1. The van der Waals surface area contributed by atoms with Gasteiger partial charge in [0.2, 0.25) is 0 Å². The van der Waals surface area contributed by atoms with Gasteiger partial charge in [0.05, 0.1) is 6.20 Å². The summed E-state index contributed by atoms with van der Waals surface area (Å²) < 4.78 is 1.95. The van der Waals surface area contributed by atoms with Crippen LogP contribution in [0, 0.1) is 0 Å². The Morgan fingerprint density at radius 1 is 1.45 bits per heavy atom. The summed E-state index contributed by atoms with van der Waals surface area (Å²) >= 11 is 0. The lowest BCUT2D eigenvalue weighted by Gasteiger charge is -2.39. The third-order valence-electron chi connectivity index (χ3n) is 3.98. The zero-order chi connectivity index (χ0) is 14.1. The number of hydrazine groups is 1. The van der Waals surface area contributed by atoms with E-state index in [-0.39, 0.29) is 0 Å². The highest BCUT2D eigenvalue weighted by Gasteiger charge is 2.25. The van der Waals surface area contributed by atoms with Gasteiger partial charge < -0.3 is 14.7 Å². The van der Waals surface area contributed by atoms with Crippen LogP contribution in [0.3, 0.4) is 0 Å². The Kier molecular flexibility index (Phi) is 3.45. The van der Waals surface area contributed by atoms with Crippen LogP contribution < -0.4 is 16.2 Å². The second-order valence-electron chi connectivity index (χ2n) is 5.18. The van der Waals surface area contributed by atoms with Gasteiger partial charge in [-0.2, -0.15) is 0 Å². The summed E-state index contributed by atoms with van der Waals surface area (Å²) in [6.07, 6.45) is 5.54. The molecule has 7 nitrogen and oxygen atoms in total. The number of anilines is 2. The van der Waals surface area contributed by atoms with Gasteiger partial charge in [0.25, 0.3) is 0 Å². The van der Waals surface area contributed by atoms with Crippen LogP contribution >= 0.6 is 0 Å². The maximum absolute atomic E-state index is 5.51. The smallest absolute Gasteiger partial charge is 0.180 e. The van der Waals surface area contributed by atoms with Crippen LogP contribution in [0.2, 0.25) is 0 Å². The van der Waals surface area contributed by atoms with E-state index in [0.29, 0.717) is 11.9 Å². The van der Waals surface area contributed by atoms with E-state index in [1.165, 1.54) is 0 Å². The number of hydrogen-bond donors (Lipinski definition) is 2. The topological polar surface area (TPSA) is 74.7 Å². The fraction of sp³-hybridized carbons (Fsp3) is 0.538. The van der Waals surface area contributed by atoms with Crippen LogP contribution in [0.5, 0.6) is 0 Å². The molecule has 1 atom stereocenters. The molecule has 1 saturated heterocycles. The molecule has 3 heterocycles. The summed E-state index contributed by atoms with van der Waals surface area (Å²) in [6, 6.07) is 0.514. The molecule has 2 aromatic heterocycles. The second-order valence-corrected chi connectivity index (χ2v) is 5.18. The van der Waals surface area contributed by atoms with E-state index in [0.717, 1.165) is 37.6 Å². The molecule has 0 saturated carbocycles. The summed E-state index contributed by atoms with van der Waals surface area (Å²) in [5.41, 5.74) is 3.50. The number of fused-ring (bicyclic) bond motifs is 1. The molecule has 0 aromatic carbocycles. The third-order valence-corrected chi connectivity index (χ3v) is 3.98. The van der Waals surface area contributed by atoms with Crippen LogP contribution in [0.25, 0.3) is 5.65 Å². The quantitative estimate of drug-likeness (QED) is 0.629. The standard InChI is InChI=1S/C13H21N7/c1-3-18-6-7-20(8-10(18)2)13-12-15-4-5-19(12)9-11(16-13)17-14/h4-5,9-10,17H,3,6-8,14H2,1-2H3. The highest BCUT2D eigenvalue weighted by molar-refractivity contribution is 5.67. The molecule has 0 amide bonds. The van der Waals surface area contributed by atoms with Gasteiger partial charge >= 0.3 is 0 Å². The molecule has 0 aliphatic carbocycles. The lowest BCUT2D eigenvalue weighted by molar-refractivity contribution is 0.199. The summed E-state index contributed by atoms with van der Waals surface area (Å²) in [4.78, 5) is 13.8. The van der Waals surface area contributed by atoms with Crippen LogP contribution in [0.1, 0.15) is 13.8 Å². The largest absolute Gasteiger partial charge is 0.351 e. The number of likely N-dealkylation sites (N-methyl/N-ethyl adjacent to an activating group) is 1. The predicted octanol–water partition coefficient (Wildman–Crippen LogP) is 0.545. The highest BCUT2D eigenvalue weighted by Crippen LogP contribution is 2.23. The summed E-state index contributed by atoms with van der Waals surface area (Å²) in [5.74, 6) is 7.05. The fourth-order valence-corrected chi connectivity index (χ4v) is 2.85. The van der Waals surface area contributed by atoms with E-state index in [1.807, 2.05) is 16.8 Å². The third kappa shape index (κ3) is 2.19. The van der Waals surface area contributed by atoms with Gasteiger partial charge in [-0.1, -0.05) is 6.92 Å². The van der Waals surface area contributed by atoms with Crippen molar-refractivity contribution in [2.75, 3.05) is 36.5 Å². The number of nitrogens with zero attached hydrogens (tertiary/aromatic N) is 5. The van der Waals surface area contributed by atoms with Crippen molar-refractivity contribution in [2.45, 2.75) is 19.9 Å². The summed E-state index contributed by atoms with van der Waals surface area (Å²) in [6.45, 7) is 8.51. The second kappa shape index (κ2) is 5.26. The maximum Gasteiger partial charge on any atom is 0.180 e. The highest BCUT2D eigenvalue weighted by atomic mass is 15.3. The average Bonchev–Trinajstić information content (AvgIpc) is 2.94. The lowest BCUT2D eigenvalue weighted by Crippen LogP contribution is -2.52. The van der Waals surface area contributed by atoms with E-state index in [1.54, 1.807) is 6.20 Å². The van der Waals surface area contributed by atoms with Crippen LogP contribution in [0.4, 0.5) is 11.6 Å². The Hall–Kier alpha value is -1.86.